The number of hydrogen-bond donors (Lipinski definition) is 3. The van der Waals surface area contributed by atoms with Crippen molar-refractivity contribution in [2.24, 2.45) is 5.92 Å². The van der Waals surface area contributed by atoms with Crippen LogP contribution in [0.4, 0.5) is 0 Å². The molecule has 0 radical (unpaired) electrons. The van der Waals surface area contributed by atoms with Crippen molar-refractivity contribution in [1.29, 1.82) is 0 Å². The third-order valence-corrected chi connectivity index (χ3v) is 8.11. The van der Waals surface area contributed by atoms with Crippen LogP contribution < -0.4 is 10.6 Å². The van der Waals surface area contributed by atoms with E-state index in [-0.39, 0.29) is 17.2 Å². The molecule has 178 valence electrons. The van der Waals surface area contributed by atoms with E-state index in [9.17, 15) is 14.7 Å². The van der Waals surface area contributed by atoms with E-state index in [1.54, 1.807) is 13.1 Å². The molecule has 1 saturated carbocycles. The van der Waals surface area contributed by atoms with E-state index in [4.69, 9.17) is 0 Å². The summed E-state index contributed by atoms with van der Waals surface area (Å²) >= 11 is 0. The molecule has 1 saturated heterocycles. The number of aromatic hydroxyl groups is 1. The number of carbonyl (C=O) groups is 2. The van der Waals surface area contributed by atoms with Crippen molar-refractivity contribution in [3.63, 3.8) is 0 Å². The summed E-state index contributed by atoms with van der Waals surface area (Å²) in [5.41, 5.74) is 0.859. The van der Waals surface area contributed by atoms with Crippen molar-refractivity contribution in [1.82, 2.24) is 15.5 Å². The average Bonchev–Trinajstić information content (AvgIpc) is 2.76. The van der Waals surface area contributed by atoms with Crippen LogP contribution in [0.1, 0.15) is 77.7 Å². The van der Waals surface area contributed by atoms with Crippen LogP contribution in [-0.4, -0.2) is 53.5 Å². The molecule has 1 aromatic rings. The van der Waals surface area contributed by atoms with E-state index >= 15 is 0 Å². The highest BCUT2D eigenvalue weighted by atomic mass is 16.3. The fourth-order valence-electron chi connectivity index (χ4n) is 5.74. The quantitative estimate of drug-likeness (QED) is 0.600. The summed E-state index contributed by atoms with van der Waals surface area (Å²) in [5, 5.41) is 15.9. The van der Waals surface area contributed by atoms with Gasteiger partial charge in [-0.3, -0.25) is 9.59 Å². The van der Waals surface area contributed by atoms with Gasteiger partial charge in [-0.15, -0.1) is 0 Å². The number of phenolic OH excluding ortho intramolecular Hbond substituents is 1. The van der Waals surface area contributed by atoms with Crippen LogP contribution in [0.25, 0.3) is 0 Å². The van der Waals surface area contributed by atoms with Crippen LogP contribution in [-0.2, 0) is 15.0 Å². The van der Waals surface area contributed by atoms with Crippen LogP contribution in [0.5, 0.6) is 5.75 Å². The summed E-state index contributed by atoms with van der Waals surface area (Å²) < 4.78 is 0. The normalized spacial score (nSPS) is 31.1. The number of amides is 2. The van der Waals surface area contributed by atoms with Crippen LogP contribution in [0.3, 0.4) is 0 Å². The Kier molecular flexibility index (Phi) is 7.86. The number of benzene rings is 1. The Labute approximate surface area is 193 Å². The number of nitrogens with one attached hydrogen (secondary N) is 2. The van der Waals surface area contributed by atoms with Gasteiger partial charge in [-0.1, -0.05) is 32.9 Å². The maximum atomic E-state index is 12.4. The molecular weight excluding hydrogens is 402 g/mol. The molecule has 1 aliphatic carbocycles. The molecule has 0 spiro atoms. The highest BCUT2D eigenvalue weighted by Gasteiger charge is 2.43. The van der Waals surface area contributed by atoms with Gasteiger partial charge in [0, 0.05) is 38.0 Å². The van der Waals surface area contributed by atoms with Crippen molar-refractivity contribution in [2.45, 2.75) is 89.1 Å². The second kappa shape index (κ2) is 10.2. The molecule has 32 heavy (non-hydrogen) atoms. The first-order valence-electron chi connectivity index (χ1n) is 12.3. The van der Waals surface area contributed by atoms with E-state index in [2.05, 4.69) is 35.4 Å². The van der Waals surface area contributed by atoms with Gasteiger partial charge >= 0.3 is 0 Å². The SMILES string of the molecule is CCCC(=O)NC1(CC(=O)NC)CCC(N2CCC(C)(c3cccc(O)c3)C(C)C2)CC1. The molecule has 1 heterocycles. The van der Waals surface area contributed by atoms with Gasteiger partial charge in [0.05, 0.1) is 0 Å². The zero-order valence-corrected chi connectivity index (χ0v) is 20.2. The van der Waals surface area contributed by atoms with Crippen molar-refractivity contribution >= 4 is 11.8 Å². The molecule has 2 unspecified atom stereocenters. The zero-order valence-electron chi connectivity index (χ0n) is 20.2. The first-order chi connectivity index (χ1) is 15.2. The Morgan fingerprint density at radius 3 is 2.50 bits per heavy atom. The topological polar surface area (TPSA) is 81.7 Å². The Bertz CT molecular complexity index is 803. The van der Waals surface area contributed by atoms with Crippen LogP contribution >= 0.6 is 0 Å². The van der Waals surface area contributed by atoms with Gasteiger partial charge in [-0.2, -0.15) is 0 Å². The van der Waals surface area contributed by atoms with Crippen molar-refractivity contribution < 1.29 is 14.7 Å². The number of nitrogens with zero attached hydrogens (tertiary/aromatic N) is 1. The fraction of sp³-hybridized carbons (Fsp3) is 0.692. The first kappa shape index (κ1) is 24.6. The van der Waals surface area contributed by atoms with E-state index in [1.807, 2.05) is 19.1 Å². The van der Waals surface area contributed by atoms with Crippen molar-refractivity contribution in [3.05, 3.63) is 29.8 Å². The lowest BCUT2D eigenvalue weighted by Gasteiger charge is -2.50. The minimum Gasteiger partial charge on any atom is -0.508 e. The number of hydrogen-bond acceptors (Lipinski definition) is 4. The van der Waals surface area contributed by atoms with Crippen molar-refractivity contribution in [3.8, 4) is 5.75 Å². The summed E-state index contributed by atoms with van der Waals surface area (Å²) in [6.07, 6.45) is 6.43. The molecule has 0 aromatic heterocycles. The monoisotopic (exact) mass is 443 g/mol. The Balaban J connectivity index is 1.64. The molecule has 1 aromatic carbocycles. The second-order valence-electron chi connectivity index (χ2n) is 10.3. The van der Waals surface area contributed by atoms with E-state index < -0.39 is 5.54 Å². The number of carbonyl (C=O) groups excluding carboxylic acids is 2. The Morgan fingerprint density at radius 2 is 1.91 bits per heavy atom. The smallest absolute Gasteiger partial charge is 0.222 e. The summed E-state index contributed by atoms with van der Waals surface area (Å²) in [6, 6.07) is 8.22. The lowest BCUT2D eigenvalue weighted by molar-refractivity contribution is -0.126. The largest absolute Gasteiger partial charge is 0.508 e. The first-order valence-corrected chi connectivity index (χ1v) is 12.3. The van der Waals surface area contributed by atoms with Gasteiger partial charge in [0.15, 0.2) is 0 Å². The third-order valence-electron chi connectivity index (χ3n) is 8.11. The van der Waals surface area contributed by atoms with Crippen LogP contribution in [0, 0.1) is 5.92 Å². The predicted molar refractivity (Wildman–Crippen MR) is 128 cm³/mol. The van der Waals surface area contributed by atoms with E-state index in [0.717, 1.165) is 51.6 Å². The highest BCUT2D eigenvalue weighted by Crippen LogP contribution is 2.42. The molecule has 6 heteroatoms. The number of piperidine rings is 1. The minimum absolute atomic E-state index is 0.00581. The Morgan fingerprint density at radius 1 is 1.19 bits per heavy atom. The lowest BCUT2D eigenvalue weighted by atomic mass is 9.67. The second-order valence-corrected chi connectivity index (χ2v) is 10.3. The molecule has 2 amide bonds. The standard InChI is InChI=1S/C26H41N3O3/c1-5-7-23(31)28-26(17-24(32)27-4)12-10-21(11-13-26)29-15-14-25(3,19(2)18-29)20-8-6-9-22(30)16-20/h6,8-9,16,19,21,30H,5,7,10-15,17-18H2,1-4H3,(H,27,32)(H,28,31). The molecule has 3 N–H and O–H groups in total. The van der Waals surface area contributed by atoms with Gasteiger partial charge in [0.25, 0.3) is 0 Å². The summed E-state index contributed by atoms with van der Waals surface area (Å²) in [5.74, 6) is 0.861. The fourth-order valence-corrected chi connectivity index (χ4v) is 5.74. The van der Waals surface area contributed by atoms with Gasteiger partial charge < -0.3 is 20.6 Å². The van der Waals surface area contributed by atoms with Gasteiger partial charge in [-0.05, 0) is 74.1 Å². The lowest BCUT2D eigenvalue weighted by Crippen LogP contribution is -2.57. The van der Waals surface area contributed by atoms with Gasteiger partial charge in [0.1, 0.15) is 5.75 Å². The van der Waals surface area contributed by atoms with Gasteiger partial charge in [-0.25, -0.2) is 0 Å². The maximum absolute atomic E-state index is 12.4. The molecule has 3 rings (SSSR count). The summed E-state index contributed by atoms with van der Waals surface area (Å²) in [7, 11) is 1.66. The molecule has 1 aliphatic heterocycles. The van der Waals surface area contributed by atoms with Crippen LogP contribution in [0.2, 0.25) is 0 Å². The molecule has 2 atom stereocenters. The predicted octanol–water partition coefficient (Wildman–Crippen LogP) is 3.73. The number of phenols is 1. The van der Waals surface area contributed by atoms with Crippen LogP contribution in [0.15, 0.2) is 24.3 Å². The molecule has 2 fully saturated rings. The zero-order chi connectivity index (χ0) is 23.4. The highest BCUT2D eigenvalue weighted by molar-refractivity contribution is 5.80. The minimum atomic E-state index is -0.416. The third kappa shape index (κ3) is 5.45. The van der Waals surface area contributed by atoms with Crippen molar-refractivity contribution in [2.75, 3.05) is 20.1 Å². The van der Waals surface area contributed by atoms with E-state index in [1.165, 1.54) is 5.56 Å². The molecular formula is C26H41N3O3. The van der Waals surface area contributed by atoms with Gasteiger partial charge in [0.2, 0.25) is 11.8 Å². The molecule has 2 aliphatic rings. The number of likely N-dealkylation sites (tertiary alicyclic amines) is 1. The number of rotatable bonds is 7. The van der Waals surface area contributed by atoms with E-state index in [0.29, 0.717) is 30.6 Å². The maximum Gasteiger partial charge on any atom is 0.222 e. The summed E-state index contributed by atoms with van der Waals surface area (Å²) in [4.78, 5) is 27.2. The average molecular weight is 444 g/mol. The Hall–Kier alpha value is -2.08. The molecule has 0 bridgehead atoms. The molecule has 6 nitrogen and oxygen atoms in total. The summed E-state index contributed by atoms with van der Waals surface area (Å²) in [6.45, 7) is 8.71.